The Labute approximate surface area is 249 Å². The number of benzene rings is 3. The van der Waals surface area contributed by atoms with Gasteiger partial charge in [-0.3, -0.25) is 14.4 Å². The van der Waals surface area contributed by atoms with E-state index in [1.165, 1.54) is 34.0 Å². The normalized spacial score (nSPS) is 19.8. The number of H-pyrrole nitrogens is 1. The van der Waals surface area contributed by atoms with Crippen molar-refractivity contribution in [2.45, 2.75) is 44.3 Å². The van der Waals surface area contributed by atoms with E-state index >= 15 is 0 Å². The average molecular weight is 576 g/mol. The average Bonchev–Trinajstić information content (AvgIpc) is 3.81. The fraction of sp³-hybridized carbons (Fsp3) is 0.324. The maximum absolute atomic E-state index is 14.3. The Morgan fingerprint density at radius 2 is 1.79 bits per heavy atom. The van der Waals surface area contributed by atoms with E-state index in [9.17, 15) is 9.18 Å². The summed E-state index contributed by atoms with van der Waals surface area (Å²) in [6.07, 6.45) is 8.26. The molecule has 0 unspecified atom stereocenters. The Hall–Kier alpha value is -4.50. The number of aromatic amines is 1. The van der Waals surface area contributed by atoms with Gasteiger partial charge in [0.15, 0.2) is 0 Å². The molecule has 2 fully saturated rings. The highest BCUT2D eigenvalue weighted by atomic mass is 19.1. The fourth-order valence-corrected chi connectivity index (χ4v) is 7.60. The molecule has 0 saturated carbocycles. The van der Waals surface area contributed by atoms with E-state index in [0.717, 1.165) is 54.9 Å². The van der Waals surface area contributed by atoms with Gasteiger partial charge in [0.25, 0.3) is 0 Å². The van der Waals surface area contributed by atoms with Crippen LogP contribution in [0.3, 0.4) is 0 Å². The van der Waals surface area contributed by atoms with Crippen LogP contribution in [0.1, 0.15) is 35.6 Å². The molecule has 0 radical (unpaired) electrons. The predicted molar refractivity (Wildman–Crippen MR) is 164 cm³/mol. The molecule has 218 valence electrons. The lowest BCUT2D eigenvalue weighted by atomic mass is 9.84. The number of likely N-dealkylation sites (tertiary alicyclic amines) is 1. The number of nitrogens with one attached hydrogen (secondary N) is 1. The highest BCUT2D eigenvalue weighted by molar-refractivity contribution is 5.94. The third kappa shape index (κ3) is 4.25. The minimum Gasteiger partial charge on any atom is -0.367 e. The van der Waals surface area contributed by atoms with Crippen LogP contribution < -0.4 is 4.90 Å². The predicted octanol–water partition coefficient (Wildman–Crippen LogP) is 5.31. The van der Waals surface area contributed by atoms with Crippen molar-refractivity contribution >= 4 is 22.4 Å². The number of amides is 1. The van der Waals surface area contributed by atoms with E-state index < -0.39 is 5.54 Å². The highest BCUT2D eigenvalue weighted by Crippen LogP contribution is 2.45. The van der Waals surface area contributed by atoms with Gasteiger partial charge in [0.2, 0.25) is 5.91 Å². The molecule has 1 aliphatic carbocycles. The van der Waals surface area contributed by atoms with Crippen molar-refractivity contribution < 1.29 is 9.18 Å². The largest absolute Gasteiger partial charge is 0.367 e. The number of halogens is 1. The van der Waals surface area contributed by atoms with Crippen LogP contribution in [0.2, 0.25) is 0 Å². The maximum Gasteiger partial charge on any atom is 0.250 e. The SMILES string of the molecule is Cc1c[nH]cc1-c1cn(CCN2CN(c3ccc(F)cc3)C3(CCN([C@H]4Cc5cccc6cccc4c56)CC3)C2=O)nn1. The number of aromatic nitrogens is 4. The molecule has 3 aromatic carbocycles. The molecule has 0 bridgehead atoms. The molecule has 2 saturated heterocycles. The van der Waals surface area contributed by atoms with Crippen molar-refractivity contribution in [1.82, 2.24) is 29.8 Å². The first-order valence-electron chi connectivity index (χ1n) is 15.1. The van der Waals surface area contributed by atoms with Gasteiger partial charge in [-0.25, -0.2) is 4.39 Å². The zero-order valence-corrected chi connectivity index (χ0v) is 24.2. The Bertz CT molecular complexity index is 1810. The van der Waals surface area contributed by atoms with Crippen molar-refractivity contribution in [3.63, 3.8) is 0 Å². The molecule has 8 rings (SSSR count). The summed E-state index contributed by atoms with van der Waals surface area (Å²) in [6, 6.07) is 20.2. The summed E-state index contributed by atoms with van der Waals surface area (Å²) in [6.45, 7) is 5.23. The van der Waals surface area contributed by atoms with E-state index in [2.05, 4.69) is 61.5 Å². The molecular weight excluding hydrogens is 541 g/mol. The monoisotopic (exact) mass is 575 g/mol. The second kappa shape index (κ2) is 10.1. The second-order valence-electron chi connectivity index (χ2n) is 12.2. The van der Waals surface area contributed by atoms with Gasteiger partial charge in [0.05, 0.1) is 19.4 Å². The van der Waals surface area contributed by atoms with Crippen molar-refractivity contribution in [2.24, 2.45) is 0 Å². The molecule has 4 heterocycles. The van der Waals surface area contributed by atoms with Gasteiger partial charge >= 0.3 is 0 Å². The van der Waals surface area contributed by atoms with Crippen LogP contribution in [0.25, 0.3) is 22.0 Å². The van der Waals surface area contributed by atoms with Gasteiger partial charge in [-0.05, 0) is 77.9 Å². The summed E-state index contributed by atoms with van der Waals surface area (Å²) >= 11 is 0. The highest BCUT2D eigenvalue weighted by Gasteiger charge is 2.54. The zero-order valence-electron chi connectivity index (χ0n) is 24.2. The van der Waals surface area contributed by atoms with Gasteiger partial charge in [-0.1, -0.05) is 41.6 Å². The second-order valence-corrected chi connectivity index (χ2v) is 12.2. The van der Waals surface area contributed by atoms with Gasteiger partial charge in [-0.2, -0.15) is 0 Å². The van der Waals surface area contributed by atoms with Gasteiger partial charge in [-0.15, -0.1) is 5.10 Å². The van der Waals surface area contributed by atoms with E-state index in [-0.39, 0.29) is 11.7 Å². The summed E-state index contributed by atoms with van der Waals surface area (Å²) < 4.78 is 15.7. The van der Waals surface area contributed by atoms with Crippen molar-refractivity contribution in [3.8, 4) is 11.3 Å². The number of carbonyl (C=O) groups excluding carboxylic acids is 1. The van der Waals surface area contributed by atoms with Crippen LogP contribution in [0.15, 0.2) is 79.3 Å². The zero-order chi connectivity index (χ0) is 29.1. The Balaban J connectivity index is 1.03. The van der Waals surface area contributed by atoms with Crippen LogP contribution in [0.4, 0.5) is 10.1 Å². The van der Waals surface area contributed by atoms with Crippen LogP contribution in [0.5, 0.6) is 0 Å². The molecule has 1 atom stereocenters. The smallest absolute Gasteiger partial charge is 0.250 e. The summed E-state index contributed by atoms with van der Waals surface area (Å²) in [5.41, 5.74) is 6.00. The van der Waals surface area contributed by atoms with Crippen LogP contribution in [-0.4, -0.2) is 67.5 Å². The van der Waals surface area contributed by atoms with E-state index in [4.69, 9.17) is 0 Å². The molecule has 1 N–H and O–H groups in total. The molecule has 2 aliphatic heterocycles. The quantitative estimate of drug-likeness (QED) is 0.297. The molecular formula is C34H34FN7O. The number of hydrogen-bond donors (Lipinski definition) is 1. The van der Waals surface area contributed by atoms with Crippen molar-refractivity contribution in [2.75, 3.05) is 31.2 Å². The number of carbonyl (C=O) groups is 1. The molecule has 43 heavy (non-hydrogen) atoms. The molecule has 2 aromatic heterocycles. The van der Waals surface area contributed by atoms with E-state index in [0.29, 0.717) is 25.8 Å². The van der Waals surface area contributed by atoms with Gasteiger partial charge in [0.1, 0.15) is 17.1 Å². The van der Waals surface area contributed by atoms with E-state index in [1.807, 2.05) is 35.1 Å². The van der Waals surface area contributed by atoms with Crippen LogP contribution >= 0.6 is 0 Å². The lowest BCUT2D eigenvalue weighted by molar-refractivity contribution is -0.134. The number of rotatable bonds is 6. The summed E-state index contributed by atoms with van der Waals surface area (Å²) in [5, 5.41) is 11.4. The minimum atomic E-state index is -0.651. The Morgan fingerprint density at radius 3 is 2.56 bits per heavy atom. The van der Waals surface area contributed by atoms with Crippen molar-refractivity contribution in [1.29, 1.82) is 0 Å². The van der Waals surface area contributed by atoms with Crippen molar-refractivity contribution in [3.05, 3.63) is 102 Å². The number of aryl methyl sites for hydroxylation is 1. The lowest BCUT2D eigenvalue weighted by Crippen LogP contribution is -2.57. The number of anilines is 1. The first kappa shape index (κ1) is 26.2. The first-order valence-corrected chi connectivity index (χ1v) is 15.1. The Kier molecular flexibility index (Phi) is 6.11. The topological polar surface area (TPSA) is 73.3 Å². The number of piperidine rings is 1. The molecule has 5 aromatic rings. The maximum atomic E-state index is 14.3. The minimum absolute atomic E-state index is 0.148. The van der Waals surface area contributed by atoms with Crippen LogP contribution in [0, 0.1) is 12.7 Å². The third-order valence-corrected chi connectivity index (χ3v) is 9.88. The van der Waals surface area contributed by atoms with Gasteiger partial charge < -0.3 is 14.8 Å². The first-order chi connectivity index (χ1) is 21.0. The summed E-state index contributed by atoms with van der Waals surface area (Å²) in [7, 11) is 0. The third-order valence-electron chi connectivity index (χ3n) is 9.88. The fourth-order valence-electron chi connectivity index (χ4n) is 7.60. The standard InChI is InChI=1S/C34H34FN7O/c1-23-19-36-20-29(23)30-21-41(38-37-30)17-16-40-22-42(27-10-8-26(35)9-11-27)34(33(40)43)12-14-39(15-13-34)31-18-25-6-2-4-24-5-3-7-28(31)32(24)25/h2-11,19-21,31,36H,12-18,22H2,1H3/t31-/m0/s1. The molecule has 9 heteroatoms. The Morgan fingerprint density at radius 1 is 1.00 bits per heavy atom. The van der Waals surface area contributed by atoms with Gasteiger partial charge in [0, 0.05) is 49.3 Å². The van der Waals surface area contributed by atoms with E-state index in [1.54, 1.807) is 12.1 Å². The molecule has 1 amide bonds. The summed E-state index contributed by atoms with van der Waals surface area (Å²) in [4.78, 5) is 24.1. The number of hydrogen-bond acceptors (Lipinski definition) is 5. The molecule has 3 aliphatic rings. The molecule has 1 spiro atoms. The molecule has 8 nitrogen and oxygen atoms in total. The summed E-state index contributed by atoms with van der Waals surface area (Å²) in [5.74, 6) is -0.125. The lowest BCUT2D eigenvalue weighted by Gasteiger charge is -2.45. The van der Waals surface area contributed by atoms with Crippen LogP contribution in [-0.2, 0) is 17.8 Å². The number of nitrogens with zero attached hydrogens (tertiary/aromatic N) is 6.